The monoisotopic (exact) mass is 487 g/mol. The molecule has 0 unspecified atom stereocenters. The number of nitrogens with zero attached hydrogens (tertiary/aromatic N) is 3. The fraction of sp³-hybridized carbons (Fsp3) is 0.423. The van der Waals surface area contributed by atoms with Crippen LogP contribution in [0.25, 0.3) is 5.69 Å². The molecule has 1 aromatic heterocycles. The molecule has 1 N–H and O–H groups in total. The van der Waals surface area contributed by atoms with E-state index in [1.807, 2.05) is 62.4 Å². The van der Waals surface area contributed by atoms with E-state index in [1.165, 1.54) is 0 Å². The molecular weight excluding hydrogens is 454 g/mol. The van der Waals surface area contributed by atoms with Gasteiger partial charge in [-0.1, -0.05) is 24.6 Å². The maximum absolute atomic E-state index is 10.4. The summed E-state index contributed by atoms with van der Waals surface area (Å²) in [5.74, 6) is 2.04. The summed E-state index contributed by atoms with van der Waals surface area (Å²) in [5.41, 5.74) is 2.61. The van der Waals surface area contributed by atoms with Crippen molar-refractivity contribution in [2.45, 2.75) is 39.8 Å². The second-order valence-electron chi connectivity index (χ2n) is 8.09. The largest absolute Gasteiger partial charge is 0.497 e. The van der Waals surface area contributed by atoms with Crippen LogP contribution in [0.1, 0.15) is 31.5 Å². The fourth-order valence-corrected chi connectivity index (χ4v) is 3.93. The number of halogens is 1. The maximum atomic E-state index is 10.4. The van der Waals surface area contributed by atoms with Gasteiger partial charge in [0.1, 0.15) is 11.5 Å². The molecule has 3 rings (SSSR count). The zero-order valence-corrected chi connectivity index (χ0v) is 21.1. The molecule has 7 nitrogen and oxygen atoms in total. The Hall–Kier alpha value is -2.58. The minimum absolute atomic E-state index is 0.312. The van der Waals surface area contributed by atoms with Crippen LogP contribution in [0.2, 0.25) is 5.02 Å². The summed E-state index contributed by atoms with van der Waals surface area (Å²) in [6.07, 6.45) is 0.387. The van der Waals surface area contributed by atoms with E-state index in [1.54, 1.807) is 11.8 Å². The summed E-state index contributed by atoms with van der Waals surface area (Å²) in [6.45, 7) is 8.81. The van der Waals surface area contributed by atoms with Gasteiger partial charge >= 0.3 is 0 Å². The van der Waals surface area contributed by atoms with Crippen LogP contribution in [0.3, 0.4) is 0 Å². The Morgan fingerprint density at radius 1 is 1.12 bits per heavy atom. The standard InChI is InChI=1S/C26H34ClN3O4/c1-5-14-29(16-22(31)18-33-6-2)17-25-19(3)28-30(21-9-7-8-20(27)15-21)26(25)34-24-12-10-23(32-4)11-13-24/h7-13,15,22,31H,5-6,14,16-18H2,1-4H3/t22-/m0/s1. The highest BCUT2D eigenvalue weighted by Crippen LogP contribution is 2.33. The summed E-state index contributed by atoms with van der Waals surface area (Å²) in [5, 5.41) is 15.9. The molecule has 0 aliphatic carbocycles. The first kappa shape index (κ1) is 26.0. The van der Waals surface area contributed by atoms with Crippen LogP contribution in [0.15, 0.2) is 48.5 Å². The normalized spacial score (nSPS) is 12.2. The van der Waals surface area contributed by atoms with Gasteiger partial charge in [-0.2, -0.15) is 5.10 Å². The first-order valence-electron chi connectivity index (χ1n) is 11.6. The molecule has 0 amide bonds. The van der Waals surface area contributed by atoms with Gasteiger partial charge in [-0.3, -0.25) is 4.90 Å². The lowest BCUT2D eigenvalue weighted by Gasteiger charge is -2.25. The van der Waals surface area contributed by atoms with Gasteiger partial charge in [0, 0.05) is 24.7 Å². The number of hydrogen-bond donors (Lipinski definition) is 1. The molecule has 2 aromatic carbocycles. The van der Waals surface area contributed by atoms with Crippen molar-refractivity contribution in [2.75, 3.05) is 33.4 Å². The molecule has 0 bridgehead atoms. The van der Waals surface area contributed by atoms with Gasteiger partial charge < -0.3 is 19.3 Å². The maximum Gasteiger partial charge on any atom is 0.227 e. The number of methoxy groups -OCH3 is 1. The minimum Gasteiger partial charge on any atom is -0.497 e. The van der Waals surface area contributed by atoms with Gasteiger partial charge in [0.2, 0.25) is 5.88 Å². The molecule has 0 radical (unpaired) electrons. The fourth-order valence-electron chi connectivity index (χ4n) is 3.74. The number of ether oxygens (including phenoxy) is 3. The third-order valence-electron chi connectivity index (χ3n) is 5.37. The molecular formula is C26H34ClN3O4. The number of hydrogen-bond acceptors (Lipinski definition) is 6. The Labute approximate surface area is 206 Å². The highest BCUT2D eigenvalue weighted by molar-refractivity contribution is 6.30. The Bertz CT molecular complexity index is 1040. The van der Waals surface area contributed by atoms with Gasteiger partial charge in [-0.15, -0.1) is 0 Å². The molecule has 0 saturated heterocycles. The van der Waals surface area contributed by atoms with E-state index in [0.717, 1.165) is 35.7 Å². The van der Waals surface area contributed by atoms with Gasteiger partial charge in [0.05, 0.1) is 36.8 Å². The van der Waals surface area contributed by atoms with Crippen molar-refractivity contribution in [3.8, 4) is 23.1 Å². The number of aliphatic hydroxyl groups excluding tert-OH is 1. The molecule has 0 saturated carbocycles. The Morgan fingerprint density at radius 2 is 1.85 bits per heavy atom. The van der Waals surface area contributed by atoms with Gasteiger partial charge in [-0.25, -0.2) is 4.68 Å². The van der Waals surface area contributed by atoms with Crippen LogP contribution in [0, 0.1) is 6.92 Å². The minimum atomic E-state index is -0.569. The van der Waals surface area contributed by atoms with Crippen molar-refractivity contribution in [3.05, 3.63) is 64.8 Å². The van der Waals surface area contributed by atoms with Crippen molar-refractivity contribution in [1.29, 1.82) is 0 Å². The smallest absolute Gasteiger partial charge is 0.227 e. The zero-order chi connectivity index (χ0) is 24.5. The zero-order valence-electron chi connectivity index (χ0n) is 20.3. The number of aliphatic hydroxyl groups is 1. The molecule has 3 aromatic rings. The second kappa shape index (κ2) is 12.8. The summed E-state index contributed by atoms with van der Waals surface area (Å²) < 4.78 is 18.8. The lowest BCUT2D eigenvalue weighted by Crippen LogP contribution is -2.35. The quantitative estimate of drug-likeness (QED) is 0.355. The summed E-state index contributed by atoms with van der Waals surface area (Å²) >= 11 is 6.27. The predicted octanol–water partition coefficient (Wildman–Crippen LogP) is 5.24. The number of aromatic nitrogens is 2. The van der Waals surface area contributed by atoms with Crippen LogP contribution >= 0.6 is 11.6 Å². The Kier molecular flexibility index (Phi) is 9.77. The summed E-state index contributed by atoms with van der Waals surface area (Å²) in [6, 6.07) is 15.0. The highest BCUT2D eigenvalue weighted by Gasteiger charge is 2.22. The van der Waals surface area contributed by atoms with Crippen molar-refractivity contribution < 1.29 is 19.3 Å². The van der Waals surface area contributed by atoms with E-state index in [9.17, 15) is 5.11 Å². The Balaban J connectivity index is 1.97. The number of benzene rings is 2. The van der Waals surface area contributed by atoms with E-state index < -0.39 is 6.10 Å². The Morgan fingerprint density at radius 3 is 2.50 bits per heavy atom. The van der Waals surface area contributed by atoms with Crippen molar-refractivity contribution >= 4 is 11.6 Å². The molecule has 0 aliphatic heterocycles. The average molecular weight is 488 g/mol. The molecule has 0 fully saturated rings. The van der Waals surface area contributed by atoms with Crippen LogP contribution in [-0.2, 0) is 11.3 Å². The molecule has 184 valence electrons. The highest BCUT2D eigenvalue weighted by atomic mass is 35.5. The van der Waals surface area contributed by atoms with Gasteiger partial charge in [0.15, 0.2) is 0 Å². The van der Waals surface area contributed by atoms with E-state index in [4.69, 9.17) is 30.9 Å². The van der Waals surface area contributed by atoms with E-state index in [2.05, 4.69) is 11.8 Å². The first-order chi connectivity index (χ1) is 16.4. The van der Waals surface area contributed by atoms with Crippen molar-refractivity contribution in [3.63, 3.8) is 0 Å². The number of rotatable bonds is 13. The van der Waals surface area contributed by atoms with Crippen molar-refractivity contribution in [1.82, 2.24) is 14.7 Å². The lowest BCUT2D eigenvalue weighted by molar-refractivity contribution is 0.0195. The predicted molar refractivity (Wildman–Crippen MR) is 134 cm³/mol. The van der Waals surface area contributed by atoms with Crippen LogP contribution in [-0.4, -0.2) is 59.3 Å². The third-order valence-corrected chi connectivity index (χ3v) is 5.60. The van der Waals surface area contributed by atoms with Crippen molar-refractivity contribution in [2.24, 2.45) is 0 Å². The summed E-state index contributed by atoms with van der Waals surface area (Å²) in [4.78, 5) is 2.21. The molecule has 0 spiro atoms. The van der Waals surface area contributed by atoms with Gasteiger partial charge in [0.25, 0.3) is 0 Å². The molecule has 8 heteroatoms. The SMILES string of the molecule is CCCN(Cc1c(C)nn(-c2cccc(Cl)c2)c1Oc1ccc(OC)cc1)C[C@H](O)COCC. The first-order valence-corrected chi connectivity index (χ1v) is 12.0. The van der Waals surface area contributed by atoms with E-state index >= 15 is 0 Å². The van der Waals surface area contributed by atoms with Gasteiger partial charge in [-0.05, 0) is 69.3 Å². The third kappa shape index (κ3) is 6.96. The van der Waals surface area contributed by atoms with Crippen LogP contribution in [0.5, 0.6) is 17.4 Å². The topological polar surface area (TPSA) is 69.0 Å². The number of aryl methyl sites for hydroxylation is 1. The second-order valence-corrected chi connectivity index (χ2v) is 8.52. The van der Waals surface area contributed by atoms with Crippen LogP contribution in [0.4, 0.5) is 0 Å². The van der Waals surface area contributed by atoms with E-state index in [-0.39, 0.29) is 0 Å². The lowest BCUT2D eigenvalue weighted by atomic mass is 10.2. The molecule has 0 aliphatic rings. The van der Waals surface area contributed by atoms with Crippen LogP contribution < -0.4 is 9.47 Å². The summed E-state index contributed by atoms with van der Waals surface area (Å²) in [7, 11) is 1.63. The molecule has 1 heterocycles. The molecule has 1 atom stereocenters. The van der Waals surface area contributed by atoms with E-state index in [0.29, 0.717) is 43.0 Å². The molecule has 34 heavy (non-hydrogen) atoms. The average Bonchev–Trinajstić information content (AvgIpc) is 3.13.